The molecule has 0 saturated carbocycles. The van der Waals surface area contributed by atoms with Crippen LogP contribution in [0.25, 0.3) is 6.08 Å². The smallest absolute Gasteiger partial charge is 0.266 e. The number of carbonyl (C=O) groups excluding carboxylic acids is 1. The summed E-state index contributed by atoms with van der Waals surface area (Å²) < 4.78 is 7.58. The maximum absolute atomic E-state index is 13.2. The van der Waals surface area contributed by atoms with Gasteiger partial charge in [0.1, 0.15) is 12.4 Å². The number of ether oxygens (including phenoxy) is 1. The van der Waals surface area contributed by atoms with Crippen molar-refractivity contribution in [2.75, 3.05) is 6.54 Å². The first-order chi connectivity index (χ1) is 16.8. The van der Waals surface area contributed by atoms with Crippen LogP contribution in [0.3, 0.4) is 0 Å². The van der Waals surface area contributed by atoms with Crippen molar-refractivity contribution in [3.63, 3.8) is 0 Å². The van der Waals surface area contributed by atoms with Crippen LogP contribution < -0.4 is 4.74 Å². The molecule has 0 N–H and O–H groups in total. The van der Waals surface area contributed by atoms with Crippen molar-refractivity contribution in [2.24, 2.45) is 4.99 Å². The Balaban J connectivity index is 1.56. The van der Waals surface area contributed by atoms with Crippen LogP contribution in [0.4, 0.5) is 5.69 Å². The van der Waals surface area contributed by atoms with Gasteiger partial charge in [-0.1, -0.05) is 42.3 Å². The molecule has 0 bridgehead atoms. The highest BCUT2D eigenvalue weighted by Gasteiger charge is 2.32. The molecule has 0 spiro atoms. The third-order valence-electron chi connectivity index (χ3n) is 5.00. The minimum atomic E-state index is -0.0557. The summed E-state index contributed by atoms with van der Waals surface area (Å²) in [5.74, 6) is 0.630. The van der Waals surface area contributed by atoms with Crippen molar-refractivity contribution in [2.45, 2.75) is 20.0 Å². The number of hydrogen-bond donors (Lipinski definition) is 0. The van der Waals surface area contributed by atoms with Gasteiger partial charge < -0.3 is 4.74 Å². The summed E-state index contributed by atoms with van der Waals surface area (Å²) in [5, 5.41) is 1.99. The highest BCUT2D eigenvalue weighted by Crippen LogP contribution is 2.39. The van der Waals surface area contributed by atoms with Crippen LogP contribution in [-0.2, 0) is 11.4 Å². The molecule has 180 valence electrons. The molecule has 1 saturated heterocycles. The number of amidine groups is 1. The van der Waals surface area contributed by atoms with Gasteiger partial charge in [0.2, 0.25) is 0 Å². The minimum absolute atomic E-state index is 0.0557. The van der Waals surface area contributed by atoms with Crippen molar-refractivity contribution >= 4 is 89.7 Å². The molecular weight excluding hydrogens is 635 g/mol. The molecule has 1 fully saturated rings. The van der Waals surface area contributed by atoms with Gasteiger partial charge in [-0.3, -0.25) is 9.69 Å². The number of amides is 1. The molecule has 1 heterocycles. The Kier molecular flexibility index (Phi) is 9.00. The lowest BCUT2D eigenvalue weighted by molar-refractivity contribution is -0.122. The van der Waals surface area contributed by atoms with Crippen molar-refractivity contribution in [1.82, 2.24) is 4.90 Å². The van der Waals surface area contributed by atoms with E-state index in [0.717, 1.165) is 32.2 Å². The second-order valence-electron chi connectivity index (χ2n) is 7.67. The third-order valence-corrected chi connectivity index (χ3v) is 7.69. The number of nitrogens with zero attached hydrogens (tertiary/aromatic N) is 2. The number of thioether (sulfide) groups is 1. The molecule has 4 nitrogen and oxygen atoms in total. The minimum Gasteiger partial charge on any atom is -0.487 e. The van der Waals surface area contributed by atoms with E-state index >= 15 is 0 Å². The van der Waals surface area contributed by atoms with Gasteiger partial charge in [-0.2, -0.15) is 0 Å². The fraction of sp³-hybridized carbons (Fsp3) is 0.154. The average molecular weight is 655 g/mol. The van der Waals surface area contributed by atoms with E-state index in [9.17, 15) is 4.79 Å². The van der Waals surface area contributed by atoms with Gasteiger partial charge in [0.05, 0.1) is 19.5 Å². The van der Waals surface area contributed by atoms with Crippen LogP contribution in [0.5, 0.6) is 5.75 Å². The summed E-state index contributed by atoms with van der Waals surface area (Å²) >= 11 is 20.5. The highest BCUT2D eigenvalue weighted by atomic mass is 79.9. The molecule has 0 atom stereocenters. The first kappa shape index (κ1) is 26.3. The quantitative estimate of drug-likeness (QED) is 0.239. The Morgan fingerprint density at radius 1 is 1.00 bits per heavy atom. The number of benzene rings is 3. The Morgan fingerprint density at radius 2 is 1.60 bits per heavy atom. The van der Waals surface area contributed by atoms with Gasteiger partial charge in [0, 0.05) is 16.6 Å². The predicted molar refractivity (Wildman–Crippen MR) is 154 cm³/mol. The zero-order valence-electron chi connectivity index (χ0n) is 18.6. The first-order valence-electron chi connectivity index (χ1n) is 10.8. The lowest BCUT2D eigenvalue weighted by atomic mass is 10.2. The van der Waals surface area contributed by atoms with Gasteiger partial charge in [0.25, 0.3) is 5.91 Å². The van der Waals surface area contributed by atoms with Crippen LogP contribution in [0.2, 0.25) is 10.0 Å². The predicted octanol–water partition coefficient (Wildman–Crippen LogP) is 9.11. The number of rotatable bonds is 7. The maximum Gasteiger partial charge on any atom is 0.266 e. The largest absolute Gasteiger partial charge is 0.487 e. The van der Waals surface area contributed by atoms with Crippen LogP contribution in [0.15, 0.2) is 79.5 Å². The monoisotopic (exact) mass is 652 g/mol. The lowest BCUT2D eigenvalue weighted by Crippen LogP contribution is -2.29. The van der Waals surface area contributed by atoms with E-state index < -0.39 is 0 Å². The fourth-order valence-electron chi connectivity index (χ4n) is 3.33. The molecular formula is C26H20Br2Cl2N2O2S. The molecule has 3 aromatic carbocycles. The Morgan fingerprint density at radius 3 is 2.20 bits per heavy atom. The first-order valence-corrected chi connectivity index (χ1v) is 13.9. The number of carbonyl (C=O) groups is 1. The van der Waals surface area contributed by atoms with E-state index in [4.69, 9.17) is 27.9 Å². The summed E-state index contributed by atoms with van der Waals surface area (Å²) in [7, 11) is 0. The fourth-order valence-corrected chi connectivity index (χ4v) is 6.05. The van der Waals surface area contributed by atoms with Crippen LogP contribution in [0.1, 0.15) is 24.5 Å². The van der Waals surface area contributed by atoms with Crippen LogP contribution in [0, 0.1) is 0 Å². The van der Waals surface area contributed by atoms with Crippen LogP contribution in [-0.4, -0.2) is 22.5 Å². The molecule has 0 aromatic heterocycles. The number of hydrogen-bond acceptors (Lipinski definition) is 4. The van der Waals surface area contributed by atoms with Crippen molar-refractivity contribution in [1.29, 1.82) is 0 Å². The topological polar surface area (TPSA) is 41.9 Å². The normalized spacial score (nSPS) is 15.9. The zero-order valence-corrected chi connectivity index (χ0v) is 24.1. The zero-order chi connectivity index (χ0) is 24.9. The highest BCUT2D eigenvalue weighted by molar-refractivity contribution is 9.11. The molecule has 3 aromatic rings. The number of halogens is 4. The maximum atomic E-state index is 13.2. The Labute approximate surface area is 235 Å². The SMILES string of the molecule is CCCN1C(=O)/C(=C/c2cc(Br)c(OCc3ccc(Cl)cc3)c(Br)c2)SC1=Nc1ccc(Cl)cc1. The molecule has 0 radical (unpaired) electrons. The number of aliphatic imine (C=N–C) groups is 1. The molecule has 1 amide bonds. The van der Waals surface area contributed by atoms with E-state index in [0.29, 0.717) is 39.0 Å². The summed E-state index contributed by atoms with van der Waals surface area (Å²) in [6.07, 6.45) is 2.70. The Hall–Kier alpha value is -1.77. The summed E-state index contributed by atoms with van der Waals surface area (Å²) in [5.41, 5.74) is 2.62. The second kappa shape index (κ2) is 12.0. The second-order valence-corrected chi connectivity index (χ2v) is 11.3. The van der Waals surface area contributed by atoms with Crippen molar-refractivity contribution < 1.29 is 9.53 Å². The summed E-state index contributed by atoms with van der Waals surface area (Å²) in [6.45, 7) is 3.04. The van der Waals surface area contributed by atoms with E-state index in [1.807, 2.05) is 61.5 Å². The van der Waals surface area contributed by atoms with E-state index in [2.05, 4.69) is 36.9 Å². The van der Waals surface area contributed by atoms with E-state index in [1.54, 1.807) is 17.0 Å². The van der Waals surface area contributed by atoms with Gasteiger partial charge in [0.15, 0.2) is 5.17 Å². The van der Waals surface area contributed by atoms with Gasteiger partial charge in [-0.25, -0.2) is 4.99 Å². The van der Waals surface area contributed by atoms with E-state index in [1.165, 1.54) is 11.8 Å². The summed E-state index contributed by atoms with van der Waals surface area (Å²) in [4.78, 5) is 20.2. The Bertz CT molecular complexity index is 1270. The van der Waals surface area contributed by atoms with E-state index in [-0.39, 0.29) is 5.91 Å². The van der Waals surface area contributed by atoms with Crippen molar-refractivity contribution in [3.05, 3.63) is 95.7 Å². The van der Waals surface area contributed by atoms with Crippen LogP contribution >= 0.6 is 66.8 Å². The van der Waals surface area contributed by atoms with Gasteiger partial charge in [-0.05, 0) is 116 Å². The van der Waals surface area contributed by atoms with Gasteiger partial charge >= 0.3 is 0 Å². The van der Waals surface area contributed by atoms with Gasteiger partial charge in [-0.15, -0.1) is 0 Å². The molecule has 1 aliphatic rings. The standard InChI is InChI=1S/C26H20Br2Cl2N2O2S/c1-2-11-32-25(33)23(35-26(32)31-20-9-7-19(30)8-10-20)14-17-12-21(27)24(22(28)13-17)34-15-16-3-5-18(29)6-4-16/h3-10,12-14H,2,11,15H2,1H3/b23-14-,31-26?. The summed E-state index contributed by atoms with van der Waals surface area (Å²) in [6, 6.07) is 18.6. The molecule has 0 unspecified atom stereocenters. The van der Waals surface area contributed by atoms with Crippen molar-refractivity contribution in [3.8, 4) is 5.75 Å². The lowest BCUT2D eigenvalue weighted by Gasteiger charge is -2.14. The molecule has 0 aliphatic carbocycles. The molecule has 1 aliphatic heterocycles. The molecule has 4 rings (SSSR count). The molecule has 35 heavy (non-hydrogen) atoms. The third kappa shape index (κ3) is 6.71. The average Bonchev–Trinajstić information content (AvgIpc) is 3.10. The molecule has 9 heteroatoms.